The molecule has 0 aromatic heterocycles. The third-order valence-corrected chi connectivity index (χ3v) is 1.78. The first-order valence-corrected chi connectivity index (χ1v) is 3.88. The fraction of sp³-hybridized carbons (Fsp3) is 0.111. The zero-order valence-electron chi connectivity index (χ0n) is 6.86. The van der Waals surface area contributed by atoms with E-state index in [9.17, 15) is 4.79 Å². The van der Waals surface area contributed by atoms with Gasteiger partial charge in [0.1, 0.15) is 11.6 Å². The van der Waals surface area contributed by atoms with Gasteiger partial charge in [0.2, 0.25) is 0 Å². The molecular weight excluding hydrogens is 168 g/mol. The molecule has 0 atom stereocenters. The minimum atomic E-state index is -0.651. The van der Waals surface area contributed by atoms with Crippen molar-refractivity contribution in [2.45, 2.75) is 6.42 Å². The second-order valence-corrected chi connectivity index (χ2v) is 2.76. The molecular formula is C9H8N2O2. The Morgan fingerprint density at radius 1 is 1.38 bits per heavy atom. The summed E-state index contributed by atoms with van der Waals surface area (Å²) >= 11 is 0. The first-order chi connectivity index (χ1) is 6.25. The largest absolute Gasteiger partial charge is 0.440 e. The molecule has 0 saturated heterocycles. The summed E-state index contributed by atoms with van der Waals surface area (Å²) in [6.45, 7) is 0. The van der Waals surface area contributed by atoms with Gasteiger partial charge in [0.15, 0.2) is 0 Å². The van der Waals surface area contributed by atoms with Gasteiger partial charge in [-0.15, -0.1) is 0 Å². The zero-order chi connectivity index (χ0) is 9.26. The highest BCUT2D eigenvalue weighted by molar-refractivity contribution is 5.94. The lowest BCUT2D eigenvalue weighted by atomic mass is 10.1. The third kappa shape index (κ3) is 1.51. The molecule has 0 aliphatic carbocycles. The van der Waals surface area contributed by atoms with Crippen LogP contribution in [-0.2, 0) is 6.42 Å². The SMILES string of the molecule is NC1=NC(=O)Oc2ccccc2C1. The molecule has 4 nitrogen and oxygen atoms in total. The fourth-order valence-corrected chi connectivity index (χ4v) is 1.22. The van der Waals surface area contributed by atoms with E-state index in [1.54, 1.807) is 12.1 Å². The maximum atomic E-state index is 11.0. The molecule has 1 aromatic carbocycles. The van der Waals surface area contributed by atoms with Gasteiger partial charge in [0.25, 0.3) is 0 Å². The molecule has 0 radical (unpaired) electrons. The smallest absolute Gasteiger partial charge is 0.408 e. The summed E-state index contributed by atoms with van der Waals surface area (Å²) in [5.41, 5.74) is 6.37. The van der Waals surface area contributed by atoms with Crippen LogP contribution in [0.4, 0.5) is 4.79 Å². The minimum absolute atomic E-state index is 0.287. The van der Waals surface area contributed by atoms with Gasteiger partial charge in [-0.25, -0.2) is 4.79 Å². The van der Waals surface area contributed by atoms with Gasteiger partial charge in [-0.3, -0.25) is 0 Å². The Bertz CT molecular complexity index is 385. The predicted molar refractivity (Wildman–Crippen MR) is 47.8 cm³/mol. The van der Waals surface area contributed by atoms with Crippen LogP contribution < -0.4 is 10.5 Å². The van der Waals surface area contributed by atoms with Crippen LogP contribution in [0.1, 0.15) is 5.56 Å². The molecule has 0 unspecified atom stereocenters. The van der Waals surface area contributed by atoms with Gasteiger partial charge in [-0.05, 0) is 6.07 Å². The third-order valence-electron chi connectivity index (χ3n) is 1.78. The lowest BCUT2D eigenvalue weighted by Crippen LogP contribution is -2.15. The molecule has 1 amide bonds. The van der Waals surface area contributed by atoms with Crippen LogP contribution in [0.5, 0.6) is 5.75 Å². The van der Waals surface area contributed by atoms with Crippen molar-refractivity contribution in [1.82, 2.24) is 0 Å². The van der Waals surface area contributed by atoms with E-state index in [1.165, 1.54) is 0 Å². The second kappa shape index (κ2) is 2.90. The summed E-state index contributed by atoms with van der Waals surface area (Å²) < 4.78 is 4.92. The molecule has 1 heterocycles. The Balaban J connectivity index is 2.46. The molecule has 0 fully saturated rings. The molecule has 66 valence electrons. The minimum Gasteiger partial charge on any atom is -0.408 e. The van der Waals surface area contributed by atoms with Crippen LogP contribution in [0, 0.1) is 0 Å². The van der Waals surface area contributed by atoms with E-state index < -0.39 is 6.09 Å². The molecule has 1 aliphatic rings. The van der Waals surface area contributed by atoms with Crippen LogP contribution in [0.3, 0.4) is 0 Å². The maximum Gasteiger partial charge on any atom is 0.440 e. The van der Waals surface area contributed by atoms with E-state index in [2.05, 4.69) is 4.99 Å². The van der Waals surface area contributed by atoms with Gasteiger partial charge in [-0.1, -0.05) is 18.2 Å². The van der Waals surface area contributed by atoms with Crippen molar-refractivity contribution in [3.63, 3.8) is 0 Å². The molecule has 2 N–H and O–H groups in total. The van der Waals surface area contributed by atoms with Crippen molar-refractivity contribution in [3.05, 3.63) is 29.8 Å². The normalized spacial score (nSPS) is 15.4. The van der Waals surface area contributed by atoms with Crippen molar-refractivity contribution < 1.29 is 9.53 Å². The summed E-state index contributed by atoms with van der Waals surface area (Å²) in [6.07, 6.45) is -0.190. The number of amidine groups is 1. The molecule has 1 aromatic rings. The number of ether oxygens (including phenoxy) is 1. The molecule has 1 aliphatic heterocycles. The van der Waals surface area contributed by atoms with Gasteiger partial charge in [0.05, 0.1) is 0 Å². The topological polar surface area (TPSA) is 64.7 Å². The van der Waals surface area contributed by atoms with Crippen molar-refractivity contribution in [2.75, 3.05) is 0 Å². The van der Waals surface area contributed by atoms with E-state index in [0.29, 0.717) is 12.2 Å². The molecule has 4 heteroatoms. The van der Waals surface area contributed by atoms with Crippen molar-refractivity contribution in [1.29, 1.82) is 0 Å². The monoisotopic (exact) mass is 176 g/mol. The van der Waals surface area contributed by atoms with Gasteiger partial charge in [-0.2, -0.15) is 4.99 Å². The van der Waals surface area contributed by atoms with Crippen LogP contribution in [0.15, 0.2) is 29.3 Å². The first-order valence-electron chi connectivity index (χ1n) is 3.88. The maximum absolute atomic E-state index is 11.0. The van der Waals surface area contributed by atoms with Gasteiger partial charge < -0.3 is 10.5 Å². The van der Waals surface area contributed by atoms with Crippen molar-refractivity contribution >= 4 is 11.9 Å². The number of rotatable bonds is 0. The van der Waals surface area contributed by atoms with Crippen LogP contribution in [0.25, 0.3) is 0 Å². The summed E-state index contributed by atoms with van der Waals surface area (Å²) in [5.74, 6) is 0.826. The number of para-hydroxylation sites is 1. The molecule has 13 heavy (non-hydrogen) atoms. The number of nitrogens with zero attached hydrogens (tertiary/aromatic N) is 1. The number of carbonyl (C=O) groups excluding carboxylic acids is 1. The Morgan fingerprint density at radius 2 is 2.15 bits per heavy atom. The lowest BCUT2D eigenvalue weighted by Gasteiger charge is -2.02. The number of hydrogen-bond acceptors (Lipinski definition) is 3. The highest BCUT2D eigenvalue weighted by Gasteiger charge is 2.14. The molecule has 2 rings (SSSR count). The van der Waals surface area contributed by atoms with E-state index in [-0.39, 0.29) is 5.84 Å². The van der Waals surface area contributed by atoms with E-state index in [0.717, 1.165) is 5.56 Å². The number of fused-ring (bicyclic) bond motifs is 1. The van der Waals surface area contributed by atoms with E-state index in [4.69, 9.17) is 10.5 Å². The zero-order valence-corrected chi connectivity index (χ0v) is 6.86. The average Bonchev–Trinajstić information content (AvgIpc) is 2.20. The average molecular weight is 176 g/mol. The number of aliphatic imine (C=N–C) groups is 1. The summed E-state index contributed by atoms with van der Waals surface area (Å²) in [5, 5.41) is 0. The summed E-state index contributed by atoms with van der Waals surface area (Å²) in [4.78, 5) is 14.5. The van der Waals surface area contributed by atoms with Crippen LogP contribution in [0.2, 0.25) is 0 Å². The second-order valence-electron chi connectivity index (χ2n) is 2.76. The first kappa shape index (κ1) is 7.79. The highest BCUT2D eigenvalue weighted by Crippen LogP contribution is 2.20. The molecule has 0 saturated carbocycles. The highest BCUT2D eigenvalue weighted by atomic mass is 16.5. The van der Waals surface area contributed by atoms with Crippen molar-refractivity contribution in [2.24, 2.45) is 10.7 Å². The number of benzene rings is 1. The Morgan fingerprint density at radius 3 is 3.00 bits per heavy atom. The predicted octanol–water partition coefficient (Wildman–Crippen LogP) is 1.10. The molecule has 0 spiro atoms. The van der Waals surface area contributed by atoms with Crippen LogP contribution in [-0.4, -0.2) is 11.9 Å². The number of hydrogen-bond donors (Lipinski definition) is 1. The fourth-order valence-electron chi connectivity index (χ4n) is 1.22. The molecule has 0 bridgehead atoms. The number of carbonyl (C=O) groups is 1. The van der Waals surface area contributed by atoms with Gasteiger partial charge >= 0.3 is 6.09 Å². The summed E-state index contributed by atoms with van der Waals surface area (Å²) in [7, 11) is 0. The summed E-state index contributed by atoms with van der Waals surface area (Å²) in [6, 6.07) is 7.25. The van der Waals surface area contributed by atoms with E-state index >= 15 is 0 Å². The standard InChI is InChI=1S/C9H8N2O2/c10-8-5-6-3-1-2-4-7(6)13-9(12)11-8/h1-4H,5H2,(H2,10,11,12). The van der Waals surface area contributed by atoms with Crippen molar-refractivity contribution in [3.8, 4) is 5.75 Å². The van der Waals surface area contributed by atoms with Crippen LogP contribution >= 0.6 is 0 Å². The number of amides is 1. The Labute approximate surface area is 75.0 Å². The quantitative estimate of drug-likeness (QED) is 0.643. The number of nitrogens with two attached hydrogens (primary N) is 1. The van der Waals surface area contributed by atoms with Gasteiger partial charge in [0, 0.05) is 12.0 Å². The Hall–Kier alpha value is -1.84. The van der Waals surface area contributed by atoms with E-state index in [1.807, 2.05) is 12.1 Å². The lowest BCUT2D eigenvalue weighted by molar-refractivity contribution is 0.211. The Kier molecular flexibility index (Phi) is 1.73.